The second kappa shape index (κ2) is 7.48. The van der Waals surface area contributed by atoms with Crippen molar-refractivity contribution in [2.24, 2.45) is 0 Å². The van der Waals surface area contributed by atoms with E-state index in [2.05, 4.69) is 11.4 Å². The summed E-state index contributed by atoms with van der Waals surface area (Å²) in [6.45, 7) is -0.353. The first-order valence-electron chi connectivity index (χ1n) is 8.84. The van der Waals surface area contributed by atoms with Gasteiger partial charge in [0.25, 0.3) is 5.91 Å². The Morgan fingerprint density at radius 1 is 1.19 bits per heavy atom. The molecule has 3 aromatic rings. The molecule has 1 aliphatic carbocycles. The second-order valence-electron chi connectivity index (χ2n) is 6.55. The average Bonchev–Trinajstić information content (AvgIpc) is 3.12. The maximum atomic E-state index is 13.7. The number of fused-ring (bicyclic) bond motifs is 2. The van der Waals surface area contributed by atoms with E-state index in [1.807, 2.05) is 18.2 Å². The molecule has 0 spiro atoms. The van der Waals surface area contributed by atoms with E-state index in [-0.39, 0.29) is 29.3 Å². The Bertz CT molecular complexity index is 1010. The van der Waals surface area contributed by atoms with Gasteiger partial charge >= 0.3 is 5.97 Å². The summed E-state index contributed by atoms with van der Waals surface area (Å²) in [7, 11) is 0. The number of carbonyl (C=O) groups excluding carboxylic acids is 2. The van der Waals surface area contributed by atoms with Gasteiger partial charge in [0.15, 0.2) is 6.61 Å². The van der Waals surface area contributed by atoms with Crippen LogP contribution in [0.25, 0.3) is 10.1 Å². The van der Waals surface area contributed by atoms with Crippen LogP contribution in [-0.2, 0) is 16.0 Å². The van der Waals surface area contributed by atoms with Crippen LogP contribution in [0, 0.1) is 5.82 Å². The molecule has 6 heteroatoms. The topological polar surface area (TPSA) is 55.4 Å². The summed E-state index contributed by atoms with van der Waals surface area (Å²) in [5, 5.41) is 3.33. The number of rotatable bonds is 4. The Hall–Kier alpha value is -2.73. The minimum absolute atomic E-state index is 0.0560. The smallest absolute Gasteiger partial charge is 0.348 e. The molecular weight excluding hydrogens is 365 g/mol. The SMILES string of the molecule is O=C(COC(=O)c1cc2c(F)cccc2s1)NC1CCCc2ccccc21. The van der Waals surface area contributed by atoms with E-state index in [4.69, 9.17) is 4.74 Å². The van der Waals surface area contributed by atoms with Crippen LogP contribution in [0.5, 0.6) is 0 Å². The summed E-state index contributed by atoms with van der Waals surface area (Å²) in [6, 6.07) is 14.2. The Labute approximate surface area is 160 Å². The number of carbonyl (C=O) groups is 2. The molecule has 138 valence electrons. The molecule has 1 atom stereocenters. The highest BCUT2D eigenvalue weighted by Gasteiger charge is 2.22. The molecule has 4 nitrogen and oxygen atoms in total. The standard InChI is InChI=1S/C21H18FNO3S/c22-16-8-4-10-18-15(16)11-19(27-18)21(25)26-12-20(24)23-17-9-3-6-13-5-1-2-7-14(13)17/h1-2,4-5,7-8,10-11,17H,3,6,9,12H2,(H,23,24). The quantitative estimate of drug-likeness (QED) is 0.680. The highest BCUT2D eigenvalue weighted by molar-refractivity contribution is 7.20. The third-order valence-corrected chi connectivity index (χ3v) is 5.83. The fraction of sp³-hybridized carbons (Fsp3) is 0.238. The molecular formula is C21H18FNO3S. The number of ether oxygens (including phenoxy) is 1. The number of benzene rings is 2. The largest absolute Gasteiger partial charge is 0.451 e. The molecule has 1 heterocycles. The van der Waals surface area contributed by atoms with Crippen molar-refractivity contribution in [1.29, 1.82) is 0 Å². The van der Waals surface area contributed by atoms with E-state index < -0.39 is 5.97 Å². The van der Waals surface area contributed by atoms with Gasteiger partial charge in [0.2, 0.25) is 0 Å². The normalized spacial score (nSPS) is 16.0. The number of thiophene rings is 1. The molecule has 1 amide bonds. The van der Waals surface area contributed by atoms with Crippen molar-refractivity contribution < 1.29 is 18.7 Å². The molecule has 0 fully saturated rings. The highest BCUT2D eigenvalue weighted by Crippen LogP contribution is 2.30. The molecule has 1 aliphatic rings. The number of halogens is 1. The molecule has 0 radical (unpaired) electrons. The molecule has 0 saturated carbocycles. The number of aryl methyl sites for hydroxylation is 1. The molecule has 0 saturated heterocycles. The molecule has 4 rings (SSSR count). The molecule has 1 unspecified atom stereocenters. The zero-order valence-electron chi connectivity index (χ0n) is 14.5. The Kier molecular flexibility index (Phi) is 4.90. The Morgan fingerprint density at radius 3 is 2.89 bits per heavy atom. The summed E-state index contributed by atoms with van der Waals surface area (Å²) >= 11 is 1.15. The van der Waals surface area contributed by atoms with Crippen LogP contribution in [0.4, 0.5) is 4.39 Å². The number of esters is 1. The van der Waals surface area contributed by atoms with E-state index in [0.717, 1.165) is 36.2 Å². The van der Waals surface area contributed by atoms with E-state index >= 15 is 0 Å². The van der Waals surface area contributed by atoms with Gasteiger partial charge in [-0.2, -0.15) is 0 Å². The van der Waals surface area contributed by atoms with Crippen LogP contribution in [0.15, 0.2) is 48.5 Å². The summed E-state index contributed by atoms with van der Waals surface area (Å²) in [4.78, 5) is 24.7. The van der Waals surface area contributed by atoms with E-state index in [1.165, 1.54) is 17.7 Å². The van der Waals surface area contributed by atoms with Crippen LogP contribution < -0.4 is 5.32 Å². The first kappa shape index (κ1) is 17.7. The van der Waals surface area contributed by atoms with Gasteiger partial charge in [0.1, 0.15) is 10.7 Å². The molecule has 2 aromatic carbocycles. The van der Waals surface area contributed by atoms with Crippen molar-refractivity contribution in [1.82, 2.24) is 5.32 Å². The first-order chi connectivity index (χ1) is 13.1. The number of amides is 1. The fourth-order valence-corrected chi connectivity index (χ4v) is 4.44. The Balaban J connectivity index is 1.38. The van der Waals surface area contributed by atoms with Crippen molar-refractivity contribution >= 4 is 33.3 Å². The number of hydrogen-bond donors (Lipinski definition) is 1. The van der Waals surface area contributed by atoms with E-state index in [9.17, 15) is 14.0 Å². The van der Waals surface area contributed by atoms with Crippen molar-refractivity contribution in [3.05, 3.63) is 70.4 Å². The van der Waals surface area contributed by atoms with Gasteiger partial charge in [-0.15, -0.1) is 11.3 Å². The molecule has 1 N–H and O–H groups in total. The van der Waals surface area contributed by atoms with Gasteiger partial charge in [-0.05, 0) is 48.6 Å². The zero-order valence-corrected chi connectivity index (χ0v) is 15.4. The lowest BCUT2D eigenvalue weighted by Gasteiger charge is -2.26. The van der Waals surface area contributed by atoms with Crippen molar-refractivity contribution in [3.63, 3.8) is 0 Å². The van der Waals surface area contributed by atoms with Gasteiger partial charge in [0, 0.05) is 10.1 Å². The van der Waals surface area contributed by atoms with E-state index in [0.29, 0.717) is 10.1 Å². The van der Waals surface area contributed by atoms with Crippen LogP contribution >= 0.6 is 11.3 Å². The third-order valence-electron chi connectivity index (χ3n) is 4.75. The summed E-state index contributed by atoms with van der Waals surface area (Å²) < 4.78 is 19.5. The first-order valence-corrected chi connectivity index (χ1v) is 9.66. The van der Waals surface area contributed by atoms with Crippen LogP contribution in [-0.4, -0.2) is 18.5 Å². The maximum Gasteiger partial charge on any atom is 0.348 e. The molecule has 0 bridgehead atoms. The average molecular weight is 383 g/mol. The predicted octanol–water partition coefficient (Wildman–Crippen LogP) is 4.39. The molecule has 0 aliphatic heterocycles. The lowest BCUT2D eigenvalue weighted by atomic mass is 9.88. The highest BCUT2D eigenvalue weighted by atomic mass is 32.1. The minimum atomic E-state index is -0.616. The lowest BCUT2D eigenvalue weighted by Crippen LogP contribution is -2.34. The molecule has 1 aromatic heterocycles. The third kappa shape index (κ3) is 3.71. The summed E-state index contributed by atoms with van der Waals surface area (Å²) in [5.41, 5.74) is 2.38. The summed E-state index contributed by atoms with van der Waals surface area (Å²) in [5.74, 6) is -1.33. The van der Waals surface area contributed by atoms with E-state index in [1.54, 1.807) is 12.1 Å². The van der Waals surface area contributed by atoms with Crippen molar-refractivity contribution in [2.45, 2.75) is 25.3 Å². The van der Waals surface area contributed by atoms with Gasteiger partial charge in [0.05, 0.1) is 6.04 Å². The minimum Gasteiger partial charge on any atom is -0.451 e. The van der Waals surface area contributed by atoms with Crippen LogP contribution in [0.2, 0.25) is 0 Å². The lowest BCUT2D eigenvalue weighted by molar-refractivity contribution is -0.125. The van der Waals surface area contributed by atoms with Crippen molar-refractivity contribution in [2.75, 3.05) is 6.61 Å². The van der Waals surface area contributed by atoms with Crippen LogP contribution in [0.3, 0.4) is 0 Å². The predicted molar refractivity (Wildman–Crippen MR) is 102 cm³/mol. The fourth-order valence-electron chi connectivity index (χ4n) is 3.47. The van der Waals surface area contributed by atoms with Gasteiger partial charge in [-0.1, -0.05) is 30.3 Å². The maximum absolute atomic E-state index is 13.7. The monoisotopic (exact) mass is 383 g/mol. The second-order valence-corrected chi connectivity index (χ2v) is 7.63. The number of nitrogens with one attached hydrogen (secondary N) is 1. The summed E-state index contributed by atoms with van der Waals surface area (Å²) in [6.07, 6.45) is 2.89. The zero-order chi connectivity index (χ0) is 18.8. The Morgan fingerprint density at radius 2 is 2.04 bits per heavy atom. The van der Waals surface area contributed by atoms with Gasteiger partial charge in [-0.25, -0.2) is 9.18 Å². The van der Waals surface area contributed by atoms with Crippen LogP contribution in [0.1, 0.15) is 39.7 Å². The van der Waals surface area contributed by atoms with Gasteiger partial charge < -0.3 is 10.1 Å². The number of hydrogen-bond acceptors (Lipinski definition) is 4. The van der Waals surface area contributed by atoms with Gasteiger partial charge in [-0.3, -0.25) is 4.79 Å². The van der Waals surface area contributed by atoms with Crippen molar-refractivity contribution in [3.8, 4) is 0 Å². The molecule has 27 heavy (non-hydrogen) atoms.